The van der Waals surface area contributed by atoms with E-state index in [1.54, 1.807) is 11.5 Å². The summed E-state index contributed by atoms with van der Waals surface area (Å²) in [4.78, 5) is 12.3. The minimum atomic E-state index is -0.742. The average Bonchev–Trinajstić information content (AvgIpc) is 2.71. The predicted octanol–water partition coefficient (Wildman–Crippen LogP) is -1.06. The second kappa shape index (κ2) is 10.9. The van der Waals surface area contributed by atoms with Gasteiger partial charge in [-0.15, -0.1) is 0 Å². The van der Waals surface area contributed by atoms with Crippen LogP contribution in [0.15, 0.2) is 29.1 Å². The largest absolute Gasteiger partial charge is 2.00 e. The van der Waals surface area contributed by atoms with Gasteiger partial charge >= 0.3 is 28.7 Å². The Bertz CT molecular complexity index is 636. The minimum Gasteiger partial charge on any atom is -1.00 e. The molecule has 0 saturated carbocycles. The molecule has 1 N–H and O–H groups in total. The van der Waals surface area contributed by atoms with E-state index < -0.39 is 6.10 Å². The van der Waals surface area contributed by atoms with Gasteiger partial charge < -0.3 is 24.9 Å². The first-order chi connectivity index (χ1) is 9.52. The molecule has 1 atom stereocenters. The van der Waals surface area contributed by atoms with E-state index in [1.165, 1.54) is 10.2 Å². The quantitative estimate of drug-likeness (QED) is 0.553. The Morgan fingerprint density at radius 3 is 2.30 bits per heavy atom. The molecule has 0 fully saturated rings. The first kappa shape index (κ1) is 24.4. The van der Waals surface area contributed by atoms with Gasteiger partial charge in [0.05, 0.1) is 6.54 Å². The number of aromatic nitrogens is 3. The molecule has 5 nitrogen and oxygen atoms in total. The third kappa shape index (κ3) is 5.95. The van der Waals surface area contributed by atoms with Crippen molar-refractivity contribution >= 4 is 23.1 Å². The zero-order valence-corrected chi connectivity index (χ0v) is 16.5. The summed E-state index contributed by atoms with van der Waals surface area (Å²) in [6, 6.07) is 8.00. The summed E-state index contributed by atoms with van der Waals surface area (Å²) in [7, 11) is 0. The summed E-state index contributed by atoms with van der Waals surface area (Å²) in [5.41, 5.74) is 2.04. The maximum absolute atomic E-state index is 12.3. The molecule has 1 unspecified atom stereocenters. The molecule has 1 aromatic carbocycles. The van der Waals surface area contributed by atoms with Crippen LogP contribution in [0.3, 0.4) is 0 Å². The van der Waals surface area contributed by atoms with Crippen LogP contribution < -0.4 is 18.1 Å². The first-order valence-electron chi connectivity index (χ1n) is 6.94. The van der Waals surface area contributed by atoms with Crippen LogP contribution in [0.1, 0.15) is 43.3 Å². The Balaban J connectivity index is 0. The molecule has 124 valence electrons. The predicted molar refractivity (Wildman–Crippen MR) is 89.9 cm³/mol. The van der Waals surface area contributed by atoms with Crippen molar-refractivity contribution in [2.45, 2.75) is 46.4 Å². The molecule has 1 aromatic heterocycles. The van der Waals surface area contributed by atoms with Crippen LogP contribution in [0, 0.1) is 14.4 Å². The van der Waals surface area contributed by atoms with Gasteiger partial charge in [0.15, 0.2) is 5.82 Å². The number of nitrogens with zero attached hydrogens (tertiary/aromatic N) is 3. The SMILES string of the molecule is CCCn1c(C(C)O)nn(Cc2ccc(C)cc2)c1=O.[CH3-].[Cl-].[Mg+2]. The molecule has 2 aromatic rings. The Labute approximate surface area is 160 Å². The Kier molecular flexibility index (Phi) is 11.5. The number of benzene rings is 1. The molecule has 2 rings (SSSR count). The number of aryl methyl sites for hydroxylation is 1. The number of rotatable bonds is 5. The van der Waals surface area contributed by atoms with E-state index in [1.807, 2.05) is 38.1 Å². The normalized spacial score (nSPS) is 11.0. The molecular formula is C16H24ClMgN3O2. The Morgan fingerprint density at radius 1 is 1.26 bits per heavy atom. The Morgan fingerprint density at radius 2 is 1.83 bits per heavy atom. The van der Waals surface area contributed by atoms with Crippen LogP contribution in [0.5, 0.6) is 0 Å². The van der Waals surface area contributed by atoms with Crippen LogP contribution in [-0.4, -0.2) is 42.5 Å². The van der Waals surface area contributed by atoms with Gasteiger partial charge in [-0.2, -0.15) is 5.10 Å². The van der Waals surface area contributed by atoms with Crippen molar-refractivity contribution in [1.29, 1.82) is 0 Å². The standard InChI is InChI=1S/C15H21N3O2.CH3.ClH.Mg/c1-4-9-17-14(12(3)19)16-18(15(17)20)10-13-7-5-11(2)6-8-13;;;/h5-8,12,19H,4,9-10H2,1-3H3;1H3;1H;/q;-1;;+2/p-1. The third-order valence-corrected chi connectivity index (χ3v) is 3.23. The van der Waals surface area contributed by atoms with Gasteiger partial charge in [-0.25, -0.2) is 9.48 Å². The number of aliphatic hydroxyl groups is 1. The fourth-order valence-electron chi connectivity index (χ4n) is 2.17. The van der Waals surface area contributed by atoms with E-state index in [2.05, 4.69) is 5.10 Å². The monoisotopic (exact) mass is 349 g/mol. The van der Waals surface area contributed by atoms with Crippen LogP contribution in [0.4, 0.5) is 0 Å². The molecule has 7 heteroatoms. The molecule has 1 heterocycles. The second-order valence-corrected chi connectivity index (χ2v) is 5.11. The van der Waals surface area contributed by atoms with Crippen LogP contribution in [-0.2, 0) is 13.1 Å². The van der Waals surface area contributed by atoms with Gasteiger partial charge in [-0.3, -0.25) is 4.57 Å². The molecule has 0 aliphatic carbocycles. The third-order valence-electron chi connectivity index (χ3n) is 3.23. The van der Waals surface area contributed by atoms with Gasteiger partial charge in [0.2, 0.25) is 0 Å². The summed E-state index contributed by atoms with van der Waals surface area (Å²) in [5, 5.41) is 14.0. The number of hydrogen-bond donors (Lipinski definition) is 1. The fourth-order valence-corrected chi connectivity index (χ4v) is 2.17. The molecule has 0 aliphatic heterocycles. The van der Waals surface area contributed by atoms with Crippen LogP contribution >= 0.6 is 0 Å². The smallest absolute Gasteiger partial charge is 1.00 e. The van der Waals surface area contributed by atoms with Crippen molar-refractivity contribution < 1.29 is 17.5 Å². The number of hydrogen-bond acceptors (Lipinski definition) is 3. The van der Waals surface area contributed by atoms with Gasteiger partial charge in [-0.1, -0.05) is 36.8 Å². The summed E-state index contributed by atoms with van der Waals surface area (Å²) in [6.07, 6.45) is 0.0871. The number of halogens is 1. The molecular weight excluding hydrogens is 326 g/mol. The van der Waals surface area contributed by atoms with Gasteiger partial charge in [0.25, 0.3) is 0 Å². The van der Waals surface area contributed by atoms with Gasteiger partial charge in [-0.05, 0) is 25.8 Å². The molecule has 0 spiro atoms. The molecule has 0 radical (unpaired) electrons. The maximum atomic E-state index is 12.3. The van der Waals surface area contributed by atoms with Crippen molar-refractivity contribution in [2.24, 2.45) is 0 Å². The Hall–Kier alpha value is -0.824. The van der Waals surface area contributed by atoms with E-state index in [-0.39, 0.29) is 48.6 Å². The van der Waals surface area contributed by atoms with Crippen molar-refractivity contribution in [1.82, 2.24) is 14.3 Å². The molecule has 0 saturated heterocycles. The first-order valence-corrected chi connectivity index (χ1v) is 6.94. The number of aliphatic hydroxyl groups excluding tert-OH is 1. The minimum absolute atomic E-state index is 0. The summed E-state index contributed by atoms with van der Waals surface area (Å²) in [5.74, 6) is 0.434. The summed E-state index contributed by atoms with van der Waals surface area (Å²) in [6.45, 7) is 6.65. The van der Waals surface area contributed by atoms with Crippen LogP contribution in [0.2, 0.25) is 0 Å². The van der Waals surface area contributed by atoms with Crippen molar-refractivity contribution in [3.05, 3.63) is 59.1 Å². The summed E-state index contributed by atoms with van der Waals surface area (Å²) >= 11 is 0. The van der Waals surface area contributed by atoms with Crippen molar-refractivity contribution in [3.63, 3.8) is 0 Å². The van der Waals surface area contributed by atoms with E-state index >= 15 is 0 Å². The van der Waals surface area contributed by atoms with E-state index in [0.717, 1.165) is 12.0 Å². The van der Waals surface area contributed by atoms with Gasteiger partial charge in [0.1, 0.15) is 6.10 Å². The summed E-state index contributed by atoms with van der Waals surface area (Å²) < 4.78 is 2.97. The topological polar surface area (TPSA) is 60.0 Å². The maximum Gasteiger partial charge on any atom is 2.00 e. The average molecular weight is 350 g/mol. The van der Waals surface area contributed by atoms with Crippen molar-refractivity contribution in [2.75, 3.05) is 0 Å². The van der Waals surface area contributed by atoms with Crippen molar-refractivity contribution in [3.8, 4) is 0 Å². The molecule has 0 bridgehead atoms. The van der Waals surface area contributed by atoms with E-state index in [9.17, 15) is 9.90 Å². The fraction of sp³-hybridized carbons (Fsp3) is 0.438. The molecule has 0 amide bonds. The van der Waals surface area contributed by atoms with E-state index in [4.69, 9.17) is 0 Å². The zero-order valence-electron chi connectivity index (χ0n) is 14.3. The van der Waals surface area contributed by atoms with Gasteiger partial charge in [0, 0.05) is 6.54 Å². The molecule has 0 aliphatic rings. The second-order valence-electron chi connectivity index (χ2n) is 5.11. The van der Waals surface area contributed by atoms with E-state index in [0.29, 0.717) is 18.9 Å². The molecule has 23 heavy (non-hydrogen) atoms. The zero-order chi connectivity index (χ0) is 14.7. The van der Waals surface area contributed by atoms with Crippen LogP contribution in [0.25, 0.3) is 0 Å².